The fourth-order valence-electron chi connectivity index (χ4n) is 1.61. The molecule has 4 nitrogen and oxygen atoms in total. The van der Waals surface area contributed by atoms with Gasteiger partial charge in [0.25, 0.3) is 0 Å². The van der Waals surface area contributed by atoms with Crippen LogP contribution in [0.5, 0.6) is 5.75 Å². The Morgan fingerprint density at radius 1 is 1.25 bits per heavy atom. The summed E-state index contributed by atoms with van der Waals surface area (Å²) in [6, 6.07) is 7.87. The first-order chi connectivity index (χ1) is 7.74. The number of ether oxygens (including phenoxy) is 1. The predicted octanol–water partition coefficient (Wildman–Crippen LogP) is 2.44. The van der Waals surface area contributed by atoms with E-state index in [2.05, 4.69) is 15.3 Å². The average molecular weight is 217 g/mol. The van der Waals surface area contributed by atoms with Crippen molar-refractivity contribution in [2.45, 2.75) is 6.92 Å². The fourth-order valence-corrected chi connectivity index (χ4v) is 1.61. The van der Waals surface area contributed by atoms with Crippen molar-refractivity contribution >= 4 is 5.95 Å². The van der Waals surface area contributed by atoms with Crippen LogP contribution in [0.3, 0.4) is 0 Å². The van der Waals surface area contributed by atoms with E-state index in [1.165, 1.54) is 0 Å². The zero-order valence-electron chi connectivity index (χ0n) is 9.66. The molecule has 0 unspecified atom stereocenters. The topological polar surface area (TPSA) is 49.9 Å². The van der Waals surface area contributed by atoms with Gasteiger partial charge in [0, 0.05) is 18.3 Å². The molecule has 4 heteroatoms. The molecule has 0 aliphatic rings. The summed E-state index contributed by atoms with van der Waals surface area (Å²) in [5.41, 5.74) is 3.09. The number of nitrogens with zero attached hydrogens (tertiary/aromatic N) is 1. The van der Waals surface area contributed by atoms with E-state index in [1.54, 1.807) is 7.11 Å². The van der Waals surface area contributed by atoms with Crippen LogP contribution in [0.4, 0.5) is 5.95 Å². The molecule has 84 valence electrons. The third-order valence-corrected chi connectivity index (χ3v) is 2.48. The Morgan fingerprint density at radius 2 is 1.94 bits per heavy atom. The molecule has 0 aliphatic carbocycles. The van der Waals surface area contributed by atoms with Crippen molar-refractivity contribution in [2.24, 2.45) is 0 Å². The van der Waals surface area contributed by atoms with E-state index in [0.29, 0.717) is 0 Å². The lowest BCUT2D eigenvalue weighted by atomic mass is 10.1. The van der Waals surface area contributed by atoms with E-state index < -0.39 is 0 Å². The maximum atomic E-state index is 5.12. The van der Waals surface area contributed by atoms with Gasteiger partial charge < -0.3 is 15.0 Å². The number of aryl methyl sites for hydroxylation is 1. The zero-order chi connectivity index (χ0) is 11.5. The highest BCUT2D eigenvalue weighted by atomic mass is 16.5. The Labute approximate surface area is 94.7 Å². The number of hydrogen-bond acceptors (Lipinski definition) is 3. The van der Waals surface area contributed by atoms with E-state index in [9.17, 15) is 0 Å². The monoisotopic (exact) mass is 217 g/mol. The van der Waals surface area contributed by atoms with Gasteiger partial charge in [0.15, 0.2) is 0 Å². The third-order valence-electron chi connectivity index (χ3n) is 2.48. The van der Waals surface area contributed by atoms with Crippen LogP contribution in [-0.2, 0) is 0 Å². The quantitative estimate of drug-likeness (QED) is 0.830. The molecule has 0 bridgehead atoms. The number of benzene rings is 1. The first kappa shape index (κ1) is 10.5. The van der Waals surface area contributed by atoms with E-state index >= 15 is 0 Å². The first-order valence-corrected chi connectivity index (χ1v) is 5.13. The summed E-state index contributed by atoms with van der Waals surface area (Å²) in [6.45, 7) is 2.01. The van der Waals surface area contributed by atoms with Crippen molar-refractivity contribution in [1.82, 2.24) is 9.97 Å². The summed E-state index contributed by atoms with van der Waals surface area (Å²) >= 11 is 0. The molecule has 1 aromatic carbocycles. The molecule has 0 radical (unpaired) electrons. The molecule has 2 rings (SSSR count). The van der Waals surface area contributed by atoms with Gasteiger partial charge in [-0.2, -0.15) is 0 Å². The van der Waals surface area contributed by atoms with Gasteiger partial charge >= 0.3 is 0 Å². The molecule has 1 aromatic heterocycles. The number of anilines is 1. The highest BCUT2D eigenvalue weighted by Crippen LogP contribution is 2.24. The fraction of sp³-hybridized carbons (Fsp3) is 0.250. The second kappa shape index (κ2) is 4.26. The summed E-state index contributed by atoms with van der Waals surface area (Å²) in [5.74, 6) is 1.63. The molecule has 0 atom stereocenters. The number of hydrogen-bond donors (Lipinski definition) is 2. The van der Waals surface area contributed by atoms with Crippen LogP contribution in [0, 0.1) is 6.92 Å². The summed E-state index contributed by atoms with van der Waals surface area (Å²) in [5, 5.41) is 2.99. The number of aromatic amines is 1. The second-order valence-corrected chi connectivity index (χ2v) is 3.54. The van der Waals surface area contributed by atoms with Crippen molar-refractivity contribution < 1.29 is 4.74 Å². The number of H-pyrrole nitrogens is 1. The van der Waals surface area contributed by atoms with Gasteiger partial charge in [0.05, 0.1) is 12.8 Å². The van der Waals surface area contributed by atoms with Crippen LogP contribution in [-0.4, -0.2) is 24.1 Å². The zero-order valence-corrected chi connectivity index (χ0v) is 9.66. The smallest absolute Gasteiger partial charge is 0.200 e. The SMILES string of the molecule is CNc1nc(-c2ccc(OC)cc2)c(C)[nH]1. The Bertz CT molecular complexity index is 474. The highest BCUT2D eigenvalue weighted by Gasteiger charge is 2.07. The summed E-state index contributed by atoms with van der Waals surface area (Å²) in [6.07, 6.45) is 0. The normalized spacial score (nSPS) is 10.2. The second-order valence-electron chi connectivity index (χ2n) is 3.54. The Kier molecular flexibility index (Phi) is 2.81. The van der Waals surface area contributed by atoms with Gasteiger partial charge in [0.1, 0.15) is 5.75 Å². The van der Waals surface area contributed by atoms with Crippen molar-refractivity contribution in [3.63, 3.8) is 0 Å². The number of methoxy groups -OCH3 is 1. The van der Waals surface area contributed by atoms with Gasteiger partial charge in [-0.3, -0.25) is 0 Å². The lowest BCUT2D eigenvalue weighted by Crippen LogP contribution is -1.89. The molecule has 0 aliphatic heterocycles. The molecular weight excluding hydrogens is 202 g/mol. The molecule has 0 saturated carbocycles. The third kappa shape index (κ3) is 1.86. The predicted molar refractivity (Wildman–Crippen MR) is 64.9 cm³/mol. The van der Waals surface area contributed by atoms with E-state index in [-0.39, 0.29) is 0 Å². The Balaban J connectivity index is 2.38. The first-order valence-electron chi connectivity index (χ1n) is 5.13. The van der Waals surface area contributed by atoms with Crippen LogP contribution >= 0.6 is 0 Å². The molecule has 0 spiro atoms. The molecule has 0 saturated heterocycles. The Morgan fingerprint density at radius 3 is 2.44 bits per heavy atom. The van der Waals surface area contributed by atoms with Crippen LogP contribution < -0.4 is 10.1 Å². The molecule has 1 heterocycles. The van der Waals surface area contributed by atoms with Crippen molar-refractivity contribution in [1.29, 1.82) is 0 Å². The standard InChI is InChI=1S/C12H15N3O/c1-8-11(15-12(13-2)14-8)9-4-6-10(16-3)7-5-9/h4-7H,1-3H3,(H2,13,14,15). The van der Waals surface area contributed by atoms with Gasteiger partial charge in [-0.25, -0.2) is 4.98 Å². The number of nitrogens with one attached hydrogen (secondary N) is 2. The van der Waals surface area contributed by atoms with Crippen LogP contribution in [0.1, 0.15) is 5.69 Å². The van der Waals surface area contributed by atoms with Crippen LogP contribution in [0.25, 0.3) is 11.3 Å². The summed E-state index contributed by atoms with van der Waals surface area (Å²) in [4.78, 5) is 7.61. The average Bonchev–Trinajstić information content (AvgIpc) is 2.71. The van der Waals surface area contributed by atoms with Crippen LogP contribution in [0.2, 0.25) is 0 Å². The van der Waals surface area contributed by atoms with Crippen molar-refractivity contribution in [3.05, 3.63) is 30.0 Å². The molecular formula is C12H15N3O. The highest BCUT2D eigenvalue weighted by molar-refractivity contribution is 5.64. The largest absolute Gasteiger partial charge is 0.497 e. The van der Waals surface area contributed by atoms with Crippen molar-refractivity contribution in [2.75, 3.05) is 19.5 Å². The maximum absolute atomic E-state index is 5.12. The minimum atomic E-state index is 0.781. The lowest BCUT2D eigenvalue weighted by molar-refractivity contribution is 0.415. The number of rotatable bonds is 3. The minimum Gasteiger partial charge on any atom is -0.497 e. The van der Waals surface area contributed by atoms with Gasteiger partial charge in [0.2, 0.25) is 5.95 Å². The number of aromatic nitrogens is 2. The van der Waals surface area contributed by atoms with E-state index in [4.69, 9.17) is 4.74 Å². The van der Waals surface area contributed by atoms with Gasteiger partial charge in [-0.05, 0) is 31.2 Å². The van der Waals surface area contributed by atoms with Crippen molar-refractivity contribution in [3.8, 4) is 17.0 Å². The minimum absolute atomic E-state index is 0.781. The number of imidazole rings is 1. The molecule has 2 aromatic rings. The van der Waals surface area contributed by atoms with E-state index in [0.717, 1.165) is 28.6 Å². The Hall–Kier alpha value is -1.97. The molecule has 0 amide bonds. The molecule has 0 fully saturated rings. The summed E-state index contributed by atoms with van der Waals surface area (Å²) in [7, 11) is 3.50. The maximum Gasteiger partial charge on any atom is 0.200 e. The molecule has 16 heavy (non-hydrogen) atoms. The van der Waals surface area contributed by atoms with Gasteiger partial charge in [-0.1, -0.05) is 0 Å². The lowest BCUT2D eigenvalue weighted by Gasteiger charge is -2.01. The van der Waals surface area contributed by atoms with Crippen LogP contribution in [0.15, 0.2) is 24.3 Å². The van der Waals surface area contributed by atoms with E-state index in [1.807, 2.05) is 38.2 Å². The summed E-state index contributed by atoms with van der Waals surface area (Å²) < 4.78 is 5.12. The molecule has 2 N–H and O–H groups in total. The van der Waals surface area contributed by atoms with Gasteiger partial charge in [-0.15, -0.1) is 0 Å².